The van der Waals surface area contributed by atoms with Crippen LogP contribution in [-0.4, -0.2) is 44.6 Å². The summed E-state index contributed by atoms with van der Waals surface area (Å²) in [6, 6.07) is 17.2. The maximum absolute atomic E-state index is 13.5. The van der Waals surface area contributed by atoms with Crippen LogP contribution >= 0.6 is 0 Å². The summed E-state index contributed by atoms with van der Waals surface area (Å²) < 4.78 is 24.3. The monoisotopic (exact) mass is 447 g/mol. The SMILES string of the molecule is COc1cc2c(cc1OC)CC(C)N(C(=O)N(C)c1ccc(-c3cccc(F)c3)cc1)N=C2. The molecule has 0 spiro atoms. The van der Waals surface area contributed by atoms with Crippen molar-refractivity contribution in [1.82, 2.24) is 5.01 Å². The van der Waals surface area contributed by atoms with Gasteiger partial charge in [-0.05, 0) is 66.4 Å². The standard InChI is InChI=1S/C26H26FN3O3/c1-17-12-20-14-24(32-3)25(33-4)15-21(20)16-28-30(17)26(31)29(2)23-10-8-18(9-11-23)19-6-5-7-22(27)13-19/h5-11,13-17H,12H2,1-4H3. The molecule has 170 valence electrons. The Labute approximate surface area is 192 Å². The van der Waals surface area contributed by atoms with E-state index in [4.69, 9.17) is 9.47 Å². The second-order valence-electron chi connectivity index (χ2n) is 7.95. The molecule has 0 saturated carbocycles. The minimum absolute atomic E-state index is 0.165. The average molecular weight is 448 g/mol. The van der Waals surface area contributed by atoms with Crippen LogP contribution in [0.4, 0.5) is 14.9 Å². The molecule has 0 fully saturated rings. The molecule has 7 heteroatoms. The number of hydrazone groups is 1. The van der Waals surface area contributed by atoms with Crippen LogP contribution in [0.5, 0.6) is 11.5 Å². The van der Waals surface area contributed by atoms with Gasteiger partial charge in [0.2, 0.25) is 0 Å². The van der Waals surface area contributed by atoms with Gasteiger partial charge >= 0.3 is 6.03 Å². The van der Waals surface area contributed by atoms with E-state index in [9.17, 15) is 9.18 Å². The highest BCUT2D eigenvalue weighted by atomic mass is 19.1. The molecule has 1 aliphatic heterocycles. The molecule has 3 aromatic rings. The molecule has 0 aliphatic carbocycles. The molecular weight excluding hydrogens is 421 g/mol. The van der Waals surface area contributed by atoms with Crippen LogP contribution in [0, 0.1) is 5.82 Å². The number of methoxy groups -OCH3 is 2. The minimum Gasteiger partial charge on any atom is -0.493 e. The lowest BCUT2D eigenvalue weighted by Crippen LogP contribution is -2.43. The molecule has 6 nitrogen and oxygen atoms in total. The largest absolute Gasteiger partial charge is 0.493 e. The number of amides is 2. The number of anilines is 1. The van der Waals surface area contributed by atoms with Crippen molar-refractivity contribution in [1.29, 1.82) is 0 Å². The summed E-state index contributed by atoms with van der Waals surface area (Å²) >= 11 is 0. The molecule has 0 aromatic heterocycles. The van der Waals surface area contributed by atoms with Crippen LogP contribution in [-0.2, 0) is 6.42 Å². The number of nitrogens with zero attached hydrogens (tertiary/aromatic N) is 3. The zero-order valence-electron chi connectivity index (χ0n) is 19.1. The normalized spacial score (nSPS) is 14.9. The van der Waals surface area contributed by atoms with Gasteiger partial charge in [0, 0.05) is 18.3 Å². The lowest BCUT2D eigenvalue weighted by molar-refractivity contribution is 0.190. The van der Waals surface area contributed by atoms with Crippen molar-refractivity contribution in [3.63, 3.8) is 0 Å². The summed E-state index contributed by atoms with van der Waals surface area (Å²) in [5.41, 5.74) is 4.29. The number of urea groups is 1. The molecule has 33 heavy (non-hydrogen) atoms. The molecule has 1 unspecified atom stereocenters. The van der Waals surface area contributed by atoms with Crippen molar-refractivity contribution in [3.8, 4) is 22.6 Å². The Bertz CT molecular complexity index is 1190. The van der Waals surface area contributed by atoms with Gasteiger partial charge < -0.3 is 9.47 Å². The van der Waals surface area contributed by atoms with Crippen LogP contribution in [0.3, 0.4) is 0 Å². The van der Waals surface area contributed by atoms with E-state index >= 15 is 0 Å². The Kier molecular flexibility index (Phi) is 6.31. The molecule has 0 radical (unpaired) electrons. The molecule has 1 aliphatic rings. The number of ether oxygens (including phenoxy) is 2. The van der Waals surface area contributed by atoms with Gasteiger partial charge in [0.25, 0.3) is 0 Å². The maximum atomic E-state index is 13.5. The third-order valence-corrected chi connectivity index (χ3v) is 5.79. The fourth-order valence-corrected chi connectivity index (χ4v) is 3.92. The smallest absolute Gasteiger partial charge is 0.344 e. The predicted octanol–water partition coefficient (Wildman–Crippen LogP) is 5.35. The van der Waals surface area contributed by atoms with E-state index in [0.717, 1.165) is 22.3 Å². The highest BCUT2D eigenvalue weighted by molar-refractivity contribution is 5.93. The molecule has 0 saturated heterocycles. The van der Waals surface area contributed by atoms with Crippen LogP contribution in [0.1, 0.15) is 18.1 Å². The Morgan fingerprint density at radius 2 is 1.73 bits per heavy atom. The third-order valence-electron chi connectivity index (χ3n) is 5.79. The van der Waals surface area contributed by atoms with Crippen molar-refractivity contribution in [2.45, 2.75) is 19.4 Å². The van der Waals surface area contributed by atoms with Gasteiger partial charge in [0.1, 0.15) is 5.82 Å². The zero-order chi connectivity index (χ0) is 23.5. The van der Waals surface area contributed by atoms with E-state index in [1.807, 2.05) is 49.4 Å². The fraction of sp³-hybridized carbons (Fsp3) is 0.231. The molecular formula is C26H26FN3O3. The van der Waals surface area contributed by atoms with Crippen LogP contribution in [0.25, 0.3) is 11.1 Å². The van der Waals surface area contributed by atoms with Crippen LogP contribution < -0.4 is 14.4 Å². The van der Waals surface area contributed by atoms with Crippen molar-refractivity contribution >= 4 is 17.9 Å². The van der Waals surface area contributed by atoms with E-state index in [0.29, 0.717) is 23.6 Å². The lowest BCUT2D eigenvalue weighted by Gasteiger charge is -2.28. The minimum atomic E-state index is -0.284. The third kappa shape index (κ3) is 4.53. The molecule has 4 rings (SSSR count). The first-order chi connectivity index (χ1) is 15.9. The summed E-state index contributed by atoms with van der Waals surface area (Å²) in [6.07, 6.45) is 2.30. The Morgan fingerprint density at radius 1 is 1.03 bits per heavy atom. The van der Waals surface area contributed by atoms with Gasteiger partial charge in [-0.25, -0.2) is 14.2 Å². The number of benzene rings is 3. The first kappa shape index (κ1) is 22.3. The van der Waals surface area contributed by atoms with Crippen molar-refractivity contribution in [2.24, 2.45) is 5.10 Å². The predicted molar refractivity (Wildman–Crippen MR) is 128 cm³/mol. The summed E-state index contributed by atoms with van der Waals surface area (Å²) in [7, 11) is 4.90. The number of carbonyl (C=O) groups is 1. The topological polar surface area (TPSA) is 54.4 Å². The highest BCUT2D eigenvalue weighted by Crippen LogP contribution is 2.32. The van der Waals surface area contributed by atoms with Gasteiger partial charge in [-0.3, -0.25) is 4.90 Å². The van der Waals surface area contributed by atoms with Crippen molar-refractivity contribution in [3.05, 3.63) is 77.6 Å². The van der Waals surface area contributed by atoms with Crippen molar-refractivity contribution in [2.75, 3.05) is 26.2 Å². The van der Waals surface area contributed by atoms with Crippen LogP contribution in [0.2, 0.25) is 0 Å². The van der Waals surface area contributed by atoms with E-state index in [2.05, 4.69) is 5.10 Å². The quantitative estimate of drug-likeness (QED) is 0.542. The number of halogens is 1. The van der Waals surface area contributed by atoms with Gasteiger partial charge in [0.05, 0.1) is 26.5 Å². The van der Waals surface area contributed by atoms with Gasteiger partial charge in [-0.1, -0.05) is 24.3 Å². The molecule has 3 aromatic carbocycles. The molecule has 1 heterocycles. The van der Waals surface area contributed by atoms with Gasteiger partial charge in [0.15, 0.2) is 11.5 Å². The first-order valence-corrected chi connectivity index (χ1v) is 10.6. The van der Waals surface area contributed by atoms with Gasteiger partial charge in [-0.2, -0.15) is 5.10 Å². The average Bonchev–Trinajstić information content (AvgIpc) is 2.99. The number of fused-ring (bicyclic) bond motifs is 1. The van der Waals surface area contributed by atoms with Crippen molar-refractivity contribution < 1.29 is 18.7 Å². The zero-order valence-corrected chi connectivity index (χ0v) is 19.1. The number of hydrogen-bond donors (Lipinski definition) is 0. The number of hydrogen-bond acceptors (Lipinski definition) is 4. The Morgan fingerprint density at radius 3 is 2.39 bits per heavy atom. The Hall–Kier alpha value is -3.87. The fourth-order valence-electron chi connectivity index (χ4n) is 3.92. The summed E-state index contributed by atoms with van der Waals surface area (Å²) in [5.74, 6) is 0.978. The first-order valence-electron chi connectivity index (χ1n) is 10.6. The molecule has 0 N–H and O–H groups in total. The maximum Gasteiger partial charge on any atom is 0.344 e. The number of carbonyl (C=O) groups excluding carboxylic acids is 1. The molecule has 1 atom stereocenters. The highest BCUT2D eigenvalue weighted by Gasteiger charge is 2.27. The van der Waals surface area contributed by atoms with E-state index in [1.165, 1.54) is 17.1 Å². The summed E-state index contributed by atoms with van der Waals surface area (Å²) in [6.45, 7) is 1.96. The van der Waals surface area contributed by atoms with E-state index < -0.39 is 0 Å². The number of rotatable bonds is 4. The molecule has 0 bridgehead atoms. The second kappa shape index (κ2) is 9.32. The van der Waals surface area contributed by atoms with Crippen LogP contribution in [0.15, 0.2) is 65.8 Å². The van der Waals surface area contributed by atoms with E-state index in [1.54, 1.807) is 38.4 Å². The van der Waals surface area contributed by atoms with Gasteiger partial charge in [-0.15, -0.1) is 0 Å². The second-order valence-corrected chi connectivity index (χ2v) is 7.95. The lowest BCUT2D eigenvalue weighted by atomic mass is 10.0. The molecule has 2 amide bonds. The Balaban J connectivity index is 1.55. The summed E-state index contributed by atoms with van der Waals surface area (Å²) in [4.78, 5) is 14.9. The summed E-state index contributed by atoms with van der Waals surface area (Å²) in [5, 5.41) is 5.96. The van der Waals surface area contributed by atoms with E-state index in [-0.39, 0.29) is 17.9 Å².